The number of aromatic hydroxyl groups is 1. The van der Waals surface area contributed by atoms with Crippen LogP contribution >= 0.6 is 0 Å². The summed E-state index contributed by atoms with van der Waals surface area (Å²) < 4.78 is 23.7. The SMILES string of the molecule is CC1OC=C(c2ccccc2)C1(C)Cc1cccnc1.Cc1cc2c(-c3ccccc3)c(C(=O)O)c(=O)n(Cc3cccnc3)c2cc1C.O=C(O)C1=CC(C2CC2)c2cc(-c3ccccc3)c(F)cc2C1=O.O=C1NC(CC2CC(c3ccccc3)=NO2)C(=O)N1Cc1cccnc1.O=c1c(-c2ccccc2)c(O)c2ccccc2n1CCc1cccnc1. The van der Waals surface area contributed by atoms with Crippen molar-refractivity contribution in [2.75, 3.05) is 0 Å². The summed E-state index contributed by atoms with van der Waals surface area (Å²) in [6.45, 7) is 9.37. The number of nitrogens with one attached hydrogen (secondary N) is 1. The minimum atomic E-state index is -1.25. The largest absolute Gasteiger partial charge is 0.506 e. The summed E-state index contributed by atoms with van der Waals surface area (Å²) in [7, 11) is 0. The Kier molecular flexibility index (Phi) is 26.0. The number of imide groups is 1. The van der Waals surface area contributed by atoms with Crippen LogP contribution in [0.15, 0.2) is 331 Å². The van der Waals surface area contributed by atoms with Gasteiger partial charge in [0.25, 0.3) is 17.0 Å². The third kappa shape index (κ3) is 19.1. The first-order valence-corrected chi connectivity index (χ1v) is 41.3. The minimum absolute atomic E-state index is 0.0234. The Morgan fingerprint density at radius 3 is 1.66 bits per heavy atom. The number of rotatable bonds is 19. The standard InChI is InChI=1S/C24H20N2O3.C22H18N2O2.C20H15FO3.C19H18N4O3.C18H19NO/c1-15-11-19-20(12-16(15)2)26(14-17-7-6-10-25-13-17)23(27)22(24(28)29)21(19)18-8-4-3-5-9-18;25-21-18-10-4-5-11-19(18)24(14-12-16-7-6-13-23-15-16)22(26)20(21)17-8-2-1-3-9-17;21-18-10-16-15(9-14(18)11-4-2-1-3-5-11)13(12-6-7-12)8-17(19(16)22)20(23)24;24-18-17(21-19(25)23(18)12-13-5-4-8-20-11-13)10-15-9-16(22-26-15)14-6-2-1-3-7-14;1-14-18(2,11-15-7-6-10-19-12-15)17(13-20-14)16-8-4-3-5-9-16/h3-13H,14H2,1-2H3,(H,28,29);1-11,13,15,25H,12,14H2;1-5,8-10,12-13H,6-7H2,(H,23,24);1-8,11,15,17H,9-10,12H2,(H,21,25);3-10,12-14H,11H2,1-2H3. The molecular formula is C103H90FN9O12. The average molecular weight is 1660 g/mol. The van der Waals surface area contributed by atoms with Gasteiger partial charge in [0, 0.05) is 113 Å². The van der Waals surface area contributed by atoms with Gasteiger partial charge in [0.2, 0.25) is 0 Å². The van der Waals surface area contributed by atoms with E-state index in [1.165, 1.54) is 32.2 Å². The van der Waals surface area contributed by atoms with Gasteiger partial charge in [0.05, 0.1) is 41.7 Å². The van der Waals surface area contributed by atoms with E-state index in [0.29, 0.717) is 64.9 Å². The molecule has 22 heteroatoms. The van der Waals surface area contributed by atoms with E-state index in [4.69, 9.17) is 9.57 Å². The molecule has 3 aliphatic heterocycles. The number of carbonyl (C=O) groups excluding carboxylic acids is 3. The van der Waals surface area contributed by atoms with Gasteiger partial charge in [-0.05, 0) is 180 Å². The third-order valence-electron chi connectivity index (χ3n) is 23.3. The van der Waals surface area contributed by atoms with E-state index in [0.717, 1.165) is 85.9 Å². The molecule has 0 bridgehead atoms. The van der Waals surface area contributed by atoms with Crippen LogP contribution < -0.4 is 16.4 Å². The molecule has 19 rings (SSSR count). The molecule has 0 spiro atoms. The maximum Gasteiger partial charge on any atom is 0.342 e. The Bertz CT molecular complexity index is 6530. The monoisotopic (exact) mass is 1660 g/mol. The number of aromatic carboxylic acids is 1. The van der Waals surface area contributed by atoms with E-state index >= 15 is 0 Å². The topological polar surface area (TPSA) is 288 Å². The zero-order valence-electron chi connectivity index (χ0n) is 69.2. The van der Waals surface area contributed by atoms with Crippen LogP contribution in [0, 0.1) is 31.0 Å². The molecule has 1 saturated carbocycles. The normalized spacial score (nSPS) is 17.2. The van der Waals surface area contributed by atoms with E-state index < -0.39 is 35.1 Å². The number of aryl methyl sites for hydroxylation is 4. The number of carboxylic acids is 2. The molecule has 1 saturated heterocycles. The number of allylic oxidation sites excluding steroid dienone is 1. The molecule has 125 heavy (non-hydrogen) atoms. The number of para-hydroxylation sites is 1. The number of Topliss-reactive ketones (excluding diaryl/α,β-unsaturated/α-hetero) is 1. The molecule has 2 fully saturated rings. The summed E-state index contributed by atoms with van der Waals surface area (Å²) in [5.74, 6) is -3.59. The number of halogens is 1. The van der Waals surface area contributed by atoms with Crippen LogP contribution in [0.3, 0.4) is 0 Å². The summed E-state index contributed by atoms with van der Waals surface area (Å²) in [4.78, 5) is 110. The van der Waals surface area contributed by atoms with Crippen molar-refractivity contribution in [3.63, 3.8) is 0 Å². The van der Waals surface area contributed by atoms with Crippen LogP contribution in [0.2, 0.25) is 0 Å². The van der Waals surface area contributed by atoms with Crippen LogP contribution in [-0.2, 0) is 51.6 Å². The fraction of sp³-hybridized carbons (Fsp3) is 0.184. The quantitative estimate of drug-likeness (QED) is 0.0432. The second-order valence-corrected chi connectivity index (χ2v) is 31.7. The Balaban J connectivity index is 0.000000121. The number of aliphatic carboxylic acids is 1. The fourth-order valence-corrected chi connectivity index (χ4v) is 16.3. The first-order chi connectivity index (χ1) is 60.7. The highest BCUT2D eigenvalue weighted by molar-refractivity contribution is 6.25. The predicted octanol–water partition coefficient (Wildman–Crippen LogP) is 18.8. The lowest BCUT2D eigenvalue weighted by Crippen LogP contribution is -2.33. The summed E-state index contributed by atoms with van der Waals surface area (Å²) in [5.41, 5.74) is 15.0. The van der Waals surface area contributed by atoms with Gasteiger partial charge < -0.3 is 39.3 Å². The van der Waals surface area contributed by atoms with E-state index in [2.05, 4.69) is 74.6 Å². The van der Waals surface area contributed by atoms with Gasteiger partial charge in [0.15, 0.2) is 5.78 Å². The number of ketones is 1. The van der Waals surface area contributed by atoms with Gasteiger partial charge in [0.1, 0.15) is 41.0 Å². The molecule has 8 aromatic carbocycles. The first-order valence-electron chi connectivity index (χ1n) is 41.3. The summed E-state index contributed by atoms with van der Waals surface area (Å²) >= 11 is 0. The van der Waals surface area contributed by atoms with Crippen molar-refractivity contribution in [2.45, 2.75) is 110 Å². The van der Waals surface area contributed by atoms with Gasteiger partial charge >= 0.3 is 18.0 Å². The van der Waals surface area contributed by atoms with Crippen molar-refractivity contribution < 1.29 is 53.3 Å². The Labute approximate surface area is 720 Å². The molecule has 3 amide bonds. The van der Waals surface area contributed by atoms with Crippen molar-refractivity contribution in [3.05, 3.63) is 404 Å². The number of ether oxygens (including phenoxy) is 1. The number of carboxylic acid groups (broad SMARTS) is 2. The second-order valence-electron chi connectivity index (χ2n) is 31.7. The molecule has 0 radical (unpaired) electrons. The zero-order valence-corrected chi connectivity index (χ0v) is 69.2. The van der Waals surface area contributed by atoms with Crippen LogP contribution in [0.5, 0.6) is 5.75 Å². The Morgan fingerprint density at radius 1 is 0.552 bits per heavy atom. The highest BCUT2D eigenvalue weighted by Crippen LogP contribution is 2.49. The number of carbonyl (C=O) groups is 5. The van der Waals surface area contributed by atoms with Gasteiger partial charge in [-0.1, -0.05) is 206 Å². The third-order valence-corrected chi connectivity index (χ3v) is 23.3. The lowest BCUT2D eigenvalue weighted by Gasteiger charge is -2.31. The lowest BCUT2D eigenvalue weighted by atomic mass is 9.72. The molecule has 9 heterocycles. The number of fused-ring (bicyclic) bond motifs is 3. The number of hydrogen-bond donors (Lipinski definition) is 4. The zero-order chi connectivity index (χ0) is 87.3. The Morgan fingerprint density at radius 2 is 1.09 bits per heavy atom. The van der Waals surface area contributed by atoms with E-state index in [9.17, 15) is 53.3 Å². The van der Waals surface area contributed by atoms with Crippen LogP contribution in [0.1, 0.15) is 116 Å². The minimum Gasteiger partial charge on any atom is -0.506 e. The molecule has 6 aromatic heterocycles. The van der Waals surface area contributed by atoms with Gasteiger partial charge in [-0.25, -0.2) is 18.8 Å². The molecule has 5 aliphatic rings. The molecule has 4 N–H and O–H groups in total. The van der Waals surface area contributed by atoms with Crippen molar-refractivity contribution in [3.8, 4) is 39.1 Å². The van der Waals surface area contributed by atoms with Crippen LogP contribution in [0.4, 0.5) is 9.18 Å². The van der Waals surface area contributed by atoms with Gasteiger partial charge in [-0.2, -0.15) is 0 Å². The summed E-state index contributed by atoms with van der Waals surface area (Å²) in [6, 6.07) is 76.6. The number of urea groups is 1. The van der Waals surface area contributed by atoms with Crippen LogP contribution in [-0.4, -0.2) is 103 Å². The lowest BCUT2D eigenvalue weighted by molar-refractivity contribution is -0.132. The summed E-state index contributed by atoms with van der Waals surface area (Å²) in [6.07, 6.45) is 22.0. The predicted molar refractivity (Wildman–Crippen MR) is 479 cm³/mol. The number of oxime groups is 1. The van der Waals surface area contributed by atoms with E-state index in [1.54, 1.807) is 59.8 Å². The molecule has 21 nitrogen and oxygen atoms in total. The van der Waals surface area contributed by atoms with Crippen molar-refractivity contribution in [2.24, 2.45) is 16.5 Å². The summed E-state index contributed by atoms with van der Waals surface area (Å²) in [5, 5.41) is 38.3. The number of nitrogens with zero attached hydrogens (tertiary/aromatic N) is 8. The molecule has 5 unspecified atom stereocenters. The first kappa shape index (κ1) is 84.8. The van der Waals surface area contributed by atoms with Gasteiger partial charge in [-0.3, -0.25) is 44.0 Å². The molecule has 14 aromatic rings. The van der Waals surface area contributed by atoms with Crippen molar-refractivity contribution >= 4 is 62.8 Å². The molecule has 626 valence electrons. The average Bonchev–Trinajstić information content (AvgIpc) is 1.36. The maximum atomic E-state index is 14.6. The van der Waals surface area contributed by atoms with Gasteiger partial charge in [-0.15, -0.1) is 0 Å². The second kappa shape index (κ2) is 38.3. The Hall–Kier alpha value is -15.2. The molecule has 2 aliphatic carbocycles. The van der Waals surface area contributed by atoms with Crippen molar-refractivity contribution in [1.29, 1.82) is 0 Å². The molecule has 5 atom stereocenters. The maximum absolute atomic E-state index is 14.6. The van der Waals surface area contributed by atoms with Crippen LogP contribution in [0.25, 0.3) is 60.8 Å². The number of aromatic nitrogens is 6. The number of benzene rings is 8. The highest BCUT2D eigenvalue weighted by Gasteiger charge is 2.44. The number of amides is 3. The van der Waals surface area contributed by atoms with Crippen molar-refractivity contribution in [1.82, 2.24) is 39.3 Å². The molecular weight excluding hydrogens is 1570 g/mol. The smallest absolute Gasteiger partial charge is 0.342 e. The van der Waals surface area contributed by atoms with E-state index in [1.807, 2.05) is 233 Å². The van der Waals surface area contributed by atoms with E-state index in [-0.39, 0.29) is 76.6 Å². The number of hydrogen-bond acceptors (Lipinski definition) is 15. The number of pyridine rings is 6. The highest BCUT2D eigenvalue weighted by atomic mass is 19.1. The fourth-order valence-electron chi connectivity index (χ4n) is 16.3.